The number of nitrogens with zero attached hydrogens (tertiary/aromatic N) is 2. The highest BCUT2D eigenvalue weighted by Crippen LogP contribution is 2.25. The normalized spacial score (nSPS) is 13.2. The van der Waals surface area contributed by atoms with Crippen molar-refractivity contribution >= 4 is 5.69 Å². The van der Waals surface area contributed by atoms with Crippen molar-refractivity contribution in [1.82, 2.24) is 0 Å². The Morgan fingerprint density at radius 1 is 1.16 bits per heavy atom. The molecule has 104 valence electrons. The van der Waals surface area contributed by atoms with Gasteiger partial charge in [-0.3, -0.25) is 0 Å². The zero-order chi connectivity index (χ0) is 14.6. The van der Waals surface area contributed by atoms with Gasteiger partial charge in [0.1, 0.15) is 0 Å². The summed E-state index contributed by atoms with van der Waals surface area (Å²) in [5.41, 5.74) is 2.70. The summed E-state index contributed by atoms with van der Waals surface area (Å²) in [4.78, 5) is 2.17. The number of hydrogen-bond acceptors (Lipinski definition) is 2. The van der Waals surface area contributed by atoms with Crippen LogP contribution in [0.25, 0.3) is 0 Å². The topological polar surface area (TPSA) is 27.0 Å². The van der Waals surface area contributed by atoms with Crippen LogP contribution >= 0.6 is 0 Å². The smallest absolute Gasteiger partial charge is 0.0677 e. The summed E-state index contributed by atoms with van der Waals surface area (Å²) < 4.78 is 0. The molecule has 0 aliphatic carbocycles. The summed E-state index contributed by atoms with van der Waals surface area (Å²) in [6, 6.07) is 11.1. The Morgan fingerprint density at radius 3 is 2.05 bits per heavy atom. The molecule has 0 spiro atoms. The largest absolute Gasteiger partial charge is 0.373 e. The Hall–Kier alpha value is -1.49. The van der Waals surface area contributed by atoms with E-state index < -0.39 is 0 Å². The molecule has 0 amide bonds. The minimum absolute atomic E-state index is 0.0762. The van der Waals surface area contributed by atoms with Gasteiger partial charge in [-0.05, 0) is 29.0 Å². The predicted octanol–water partition coefficient (Wildman–Crippen LogP) is 4.22. The second kappa shape index (κ2) is 6.10. The van der Waals surface area contributed by atoms with E-state index in [1.54, 1.807) is 0 Å². The van der Waals surface area contributed by atoms with Crippen molar-refractivity contribution in [2.75, 3.05) is 18.5 Å². The second-order valence-corrected chi connectivity index (χ2v) is 6.66. The first-order valence-corrected chi connectivity index (χ1v) is 6.97. The quantitative estimate of drug-likeness (QED) is 0.808. The lowest BCUT2D eigenvalue weighted by Crippen LogP contribution is -2.27. The molecule has 19 heavy (non-hydrogen) atoms. The van der Waals surface area contributed by atoms with Crippen LogP contribution in [0.5, 0.6) is 0 Å². The maximum absolute atomic E-state index is 9.17. The lowest BCUT2D eigenvalue weighted by Gasteiger charge is -2.25. The van der Waals surface area contributed by atoms with E-state index in [1.807, 2.05) is 0 Å². The molecule has 1 aromatic carbocycles. The highest BCUT2D eigenvalue weighted by molar-refractivity contribution is 5.48. The van der Waals surface area contributed by atoms with Crippen LogP contribution in [0, 0.1) is 23.2 Å². The van der Waals surface area contributed by atoms with Gasteiger partial charge in [0.2, 0.25) is 0 Å². The van der Waals surface area contributed by atoms with Crippen LogP contribution in [-0.2, 0) is 5.41 Å². The molecule has 0 heterocycles. The average Bonchev–Trinajstić information content (AvgIpc) is 2.34. The summed E-state index contributed by atoms with van der Waals surface area (Å²) in [5, 5.41) is 9.17. The molecule has 0 saturated heterocycles. The van der Waals surface area contributed by atoms with Crippen LogP contribution in [-0.4, -0.2) is 13.6 Å². The van der Waals surface area contributed by atoms with Crippen molar-refractivity contribution in [1.29, 1.82) is 5.26 Å². The van der Waals surface area contributed by atoms with Gasteiger partial charge in [-0.2, -0.15) is 5.26 Å². The molecule has 2 heteroatoms. The zero-order valence-electron chi connectivity index (χ0n) is 13.1. The van der Waals surface area contributed by atoms with Crippen LogP contribution in [0.15, 0.2) is 24.3 Å². The van der Waals surface area contributed by atoms with E-state index in [4.69, 9.17) is 5.26 Å². The molecule has 1 unspecified atom stereocenters. The van der Waals surface area contributed by atoms with E-state index in [9.17, 15) is 0 Å². The Morgan fingerprint density at radius 2 is 1.68 bits per heavy atom. The van der Waals surface area contributed by atoms with E-state index in [0.29, 0.717) is 5.92 Å². The molecule has 0 bridgehead atoms. The Bertz CT molecular complexity index is 432. The SMILES string of the molecule is CC(C)C(C#N)CN(C)c1ccc(C(C)(C)C)cc1. The highest BCUT2D eigenvalue weighted by atomic mass is 15.1. The molecule has 1 rings (SSSR count). The highest BCUT2D eigenvalue weighted by Gasteiger charge is 2.16. The first-order chi connectivity index (χ1) is 8.75. The minimum atomic E-state index is 0.0762. The summed E-state index contributed by atoms with van der Waals surface area (Å²) >= 11 is 0. The average molecular weight is 258 g/mol. The molecule has 0 radical (unpaired) electrons. The van der Waals surface area contributed by atoms with Crippen molar-refractivity contribution in [2.45, 2.75) is 40.0 Å². The van der Waals surface area contributed by atoms with E-state index >= 15 is 0 Å². The summed E-state index contributed by atoms with van der Waals surface area (Å²) in [6.45, 7) is 11.6. The maximum Gasteiger partial charge on any atom is 0.0677 e. The van der Waals surface area contributed by atoms with Crippen molar-refractivity contribution in [3.05, 3.63) is 29.8 Å². The minimum Gasteiger partial charge on any atom is -0.373 e. The van der Waals surface area contributed by atoms with Gasteiger partial charge in [-0.1, -0.05) is 46.8 Å². The van der Waals surface area contributed by atoms with Crippen molar-refractivity contribution in [2.24, 2.45) is 11.8 Å². The number of rotatable bonds is 4. The van der Waals surface area contributed by atoms with Crippen LogP contribution < -0.4 is 4.90 Å². The molecule has 0 saturated carbocycles. The van der Waals surface area contributed by atoms with E-state index in [2.05, 4.69) is 76.9 Å². The number of nitriles is 1. The Balaban J connectivity index is 2.79. The summed E-state index contributed by atoms with van der Waals surface area (Å²) in [6.07, 6.45) is 0. The first kappa shape index (κ1) is 15.6. The molecular weight excluding hydrogens is 232 g/mol. The monoisotopic (exact) mass is 258 g/mol. The molecule has 0 fully saturated rings. The maximum atomic E-state index is 9.17. The molecule has 0 aromatic heterocycles. The third-order valence-corrected chi connectivity index (χ3v) is 3.62. The first-order valence-electron chi connectivity index (χ1n) is 6.97. The zero-order valence-corrected chi connectivity index (χ0v) is 13.1. The predicted molar refractivity (Wildman–Crippen MR) is 82.4 cm³/mol. The number of anilines is 1. The van der Waals surface area contributed by atoms with Crippen molar-refractivity contribution in [3.8, 4) is 6.07 Å². The molecular formula is C17H26N2. The fourth-order valence-electron chi connectivity index (χ4n) is 2.02. The van der Waals surface area contributed by atoms with Crippen LogP contribution in [0.2, 0.25) is 0 Å². The second-order valence-electron chi connectivity index (χ2n) is 6.66. The lowest BCUT2D eigenvalue weighted by atomic mass is 9.87. The van der Waals surface area contributed by atoms with E-state index in [1.165, 1.54) is 11.3 Å². The Kier molecular flexibility index (Phi) is 5.00. The molecule has 0 aliphatic heterocycles. The molecule has 0 N–H and O–H groups in total. The molecule has 2 nitrogen and oxygen atoms in total. The van der Waals surface area contributed by atoms with Gasteiger partial charge < -0.3 is 4.90 Å². The van der Waals surface area contributed by atoms with Gasteiger partial charge in [0.05, 0.1) is 12.0 Å². The van der Waals surface area contributed by atoms with Gasteiger partial charge in [0, 0.05) is 19.3 Å². The van der Waals surface area contributed by atoms with Crippen LogP contribution in [0.4, 0.5) is 5.69 Å². The molecule has 1 atom stereocenters. The number of hydrogen-bond donors (Lipinski definition) is 0. The van der Waals surface area contributed by atoms with Gasteiger partial charge in [-0.15, -0.1) is 0 Å². The van der Waals surface area contributed by atoms with E-state index in [-0.39, 0.29) is 11.3 Å². The lowest BCUT2D eigenvalue weighted by molar-refractivity contribution is 0.477. The Labute approximate surface area is 118 Å². The van der Waals surface area contributed by atoms with Crippen molar-refractivity contribution in [3.63, 3.8) is 0 Å². The fourth-order valence-corrected chi connectivity index (χ4v) is 2.02. The summed E-state index contributed by atoms with van der Waals surface area (Å²) in [5.74, 6) is 0.466. The van der Waals surface area contributed by atoms with Gasteiger partial charge >= 0.3 is 0 Å². The van der Waals surface area contributed by atoms with Gasteiger partial charge in [0.15, 0.2) is 0 Å². The van der Waals surface area contributed by atoms with E-state index in [0.717, 1.165) is 6.54 Å². The van der Waals surface area contributed by atoms with Crippen LogP contribution in [0.3, 0.4) is 0 Å². The number of benzene rings is 1. The van der Waals surface area contributed by atoms with Gasteiger partial charge in [0.25, 0.3) is 0 Å². The standard InChI is InChI=1S/C17H26N2/c1-13(2)14(11-18)12-19(6)16-9-7-15(8-10-16)17(3,4)5/h7-10,13-14H,12H2,1-6H3. The third kappa shape index (κ3) is 4.28. The fraction of sp³-hybridized carbons (Fsp3) is 0.588. The van der Waals surface area contributed by atoms with Crippen LogP contribution in [0.1, 0.15) is 40.2 Å². The van der Waals surface area contributed by atoms with Gasteiger partial charge in [-0.25, -0.2) is 0 Å². The third-order valence-electron chi connectivity index (χ3n) is 3.62. The van der Waals surface area contributed by atoms with Crippen molar-refractivity contribution < 1.29 is 0 Å². The summed E-state index contributed by atoms with van der Waals surface area (Å²) in [7, 11) is 2.05. The molecule has 1 aromatic rings. The molecule has 0 aliphatic rings.